The first-order valence-electron chi connectivity index (χ1n) is 5.49. The van der Waals surface area contributed by atoms with Crippen molar-refractivity contribution in [2.24, 2.45) is 0 Å². The molecule has 0 bridgehead atoms. The first-order chi connectivity index (χ1) is 7.65. The molecule has 1 aliphatic heterocycles. The average Bonchev–Trinajstić information content (AvgIpc) is 2.39. The second kappa shape index (κ2) is 4.80. The number of hydrogen-bond acceptors (Lipinski definition) is 4. The number of benzene rings is 1. The van der Waals surface area contributed by atoms with E-state index in [1.165, 1.54) is 12.1 Å². The van der Waals surface area contributed by atoms with Crippen LogP contribution in [-0.4, -0.2) is 55.6 Å². The maximum Gasteiger partial charge on any atom is 0.124 e. The Morgan fingerprint density at radius 2 is 1.89 bits per heavy atom. The van der Waals surface area contributed by atoms with Crippen LogP contribution in [0.2, 0.25) is 0 Å². The summed E-state index contributed by atoms with van der Waals surface area (Å²) in [4.78, 5) is 1.86. The molecule has 1 aliphatic rings. The smallest absolute Gasteiger partial charge is 0.124 e. The number of anilines is 1. The fourth-order valence-electron chi connectivity index (χ4n) is 2.42. The third-order valence-electron chi connectivity index (χ3n) is 3.96. The van der Waals surface area contributed by atoms with Crippen LogP contribution >= 0.6 is 0 Å². The van der Waals surface area contributed by atoms with Crippen molar-refractivity contribution in [1.29, 1.82) is 0 Å². The third kappa shape index (κ3) is 2.34. The molecule has 95 valence electrons. The summed E-state index contributed by atoms with van der Waals surface area (Å²) in [6, 6.07) is 4.89. The van der Waals surface area contributed by atoms with Gasteiger partial charge in [0.25, 0.3) is 0 Å². The van der Waals surface area contributed by atoms with Crippen LogP contribution in [0.4, 0.5) is 5.69 Å². The van der Waals surface area contributed by atoms with Crippen molar-refractivity contribution in [3.05, 3.63) is 23.8 Å². The topological polar surface area (TPSA) is 60.4 Å². The Bertz CT molecular complexity index is 569. The maximum atomic E-state index is 11.0. The van der Waals surface area contributed by atoms with Crippen molar-refractivity contribution in [2.75, 3.05) is 11.9 Å². The first kappa shape index (κ1) is 16.0. The predicted octanol–water partition coefficient (Wildman–Crippen LogP) is 1.33. The summed E-state index contributed by atoms with van der Waals surface area (Å²) >= 11 is 0. The molecule has 0 aliphatic carbocycles. The number of hydrogen-bond donors (Lipinski definition) is 0. The van der Waals surface area contributed by atoms with E-state index in [0.717, 1.165) is 11.3 Å². The second-order valence-electron chi connectivity index (χ2n) is 5.14. The summed E-state index contributed by atoms with van der Waals surface area (Å²) in [5, 5.41) is 0. The third-order valence-corrected chi connectivity index (χ3v) is 4.79. The molecule has 0 saturated heterocycles. The molecule has 4 nitrogen and oxygen atoms in total. The molecule has 1 aromatic rings. The van der Waals surface area contributed by atoms with E-state index in [2.05, 4.69) is 20.8 Å². The van der Waals surface area contributed by atoms with Gasteiger partial charge in [-0.25, -0.2) is 8.42 Å². The molecule has 0 fully saturated rings. The van der Waals surface area contributed by atoms with E-state index in [-0.39, 0.29) is 45.9 Å². The van der Waals surface area contributed by atoms with Crippen LogP contribution < -0.4 is 4.90 Å². The maximum absolute atomic E-state index is 11.0. The SMILES string of the molecule is CC1N(C)c2cc(S(=O)(=O)[O-])ccc2C1(C)C.[Na]. The molecule has 1 heterocycles. The van der Waals surface area contributed by atoms with E-state index in [0.29, 0.717) is 0 Å². The summed E-state index contributed by atoms with van der Waals surface area (Å²) < 4.78 is 33.0. The van der Waals surface area contributed by atoms with E-state index in [1.807, 2.05) is 11.9 Å². The minimum atomic E-state index is -4.38. The normalized spacial score (nSPS) is 21.4. The molecule has 18 heavy (non-hydrogen) atoms. The molecule has 1 atom stereocenters. The van der Waals surface area contributed by atoms with Gasteiger partial charge in [-0.05, 0) is 24.6 Å². The zero-order valence-electron chi connectivity index (χ0n) is 11.4. The van der Waals surface area contributed by atoms with Crippen LogP contribution in [0.3, 0.4) is 0 Å². The number of fused-ring (bicyclic) bond motifs is 1. The molecular weight excluding hydrogens is 261 g/mol. The summed E-state index contributed by atoms with van der Waals surface area (Å²) in [7, 11) is -2.46. The Hall–Kier alpha value is -0.0700. The van der Waals surface area contributed by atoms with Gasteiger partial charge in [0.05, 0.1) is 4.90 Å². The molecule has 0 N–H and O–H groups in total. The van der Waals surface area contributed by atoms with Crippen molar-refractivity contribution in [1.82, 2.24) is 0 Å². The summed E-state index contributed by atoms with van der Waals surface area (Å²) in [5.41, 5.74) is 1.87. The molecular formula is C12H16NNaO3S-. The average molecular weight is 277 g/mol. The minimum absolute atomic E-state index is 0. The van der Waals surface area contributed by atoms with Gasteiger partial charge in [-0.15, -0.1) is 0 Å². The fraction of sp³-hybridized carbons (Fsp3) is 0.500. The van der Waals surface area contributed by atoms with Crippen LogP contribution in [0.15, 0.2) is 23.1 Å². The van der Waals surface area contributed by atoms with Gasteiger partial charge in [0.1, 0.15) is 10.1 Å². The van der Waals surface area contributed by atoms with E-state index < -0.39 is 10.1 Å². The fourth-order valence-corrected chi connectivity index (χ4v) is 2.91. The molecule has 0 saturated carbocycles. The summed E-state index contributed by atoms with van der Waals surface area (Å²) in [5.74, 6) is 0. The monoisotopic (exact) mass is 277 g/mol. The molecule has 0 spiro atoms. The number of nitrogens with zero attached hydrogens (tertiary/aromatic N) is 1. The first-order valence-corrected chi connectivity index (χ1v) is 6.90. The van der Waals surface area contributed by atoms with Gasteiger partial charge in [-0.3, -0.25) is 0 Å². The van der Waals surface area contributed by atoms with E-state index in [4.69, 9.17) is 0 Å². The minimum Gasteiger partial charge on any atom is -0.744 e. The van der Waals surface area contributed by atoms with E-state index in [9.17, 15) is 13.0 Å². The van der Waals surface area contributed by atoms with Gasteiger partial charge in [0, 0.05) is 53.7 Å². The molecule has 1 aromatic carbocycles. The Balaban J connectivity index is 0.00000162. The molecule has 6 heteroatoms. The van der Waals surface area contributed by atoms with Gasteiger partial charge < -0.3 is 9.45 Å². The Morgan fingerprint density at radius 3 is 2.39 bits per heavy atom. The van der Waals surface area contributed by atoms with E-state index >= 15 is 0 Å². The van der Waals surface area contributed by atoms with Gasteiger partial charge in [-0.1, -0.05) is 19.9 Å². The van der Waals surface area contributed by atoms with Gasteiger partial charge in [0.2, 0.25) is 0 Å². The quantitative estimate of drug-likeness (QED) is 0.574. The van der Waals surface area contributed by atoms with Crippen LogP contribution in [0.5, 0.6) is 0 Å². The van der Waals surface area contributed by atoms with Crippen molar-refractivity contribution < 1.29 is 13.0 Å². The summed E-state index contributed by atoms with van der Waals surface area (Å²) in [6.45, 7) is 6.32. The van der Waals surface area contributed by atoms with Crippen molar-refractivity contribution >= 4 is 45.4 Å². The molecule has 1 unspecified atom stereocenters. The molecule has 0 aromatic heterocycles. The Kier molecular flexibility index (Phi) is 4.26. The second-order valence-corrected chi connectivity index (χ2v) is 6.52. The molecule has 0 amide bonds. The molecule has 1 radical (unpaired) electrons. The largest absolute Gasteiger partial charge is 0.744 e. The summed E-state index contributed by atoms with van der Waals surface area (Å²) in [6.07, 6.45) is 0. The van der Waals surface area contributed by atoms with Crippen LogP contribution in [-0.2, 0) is 15.5 Å². The van der Waals surface area contributed by atoms with Crippen LogP contribution in [0.1, 0.15) is 26.3 Å². The Labute approximate surface area is 130 Å². The van der Waals surface area contributed by atoms with Gasteiger partial charge in [0.15, 0.2) is 0 Å². The standard InChI is InChI=1S/C12H17NO3S.Na/c1-8-12(2,3)10-6-5-9(17(14,15)16)7-11(10)13(8)4;/h5-8H,1-4H3,(H,14,15,16);/p-1. The number of rotatable bonds is 1. The van der Waals surface area contributed by atoms with Crippen LogP contribution in [0.25, 0.3) is 0 Å². The van der Waals surface area contributed by atoms with E-state index in [1.54, 1.807) is 6.07 Å². The predicted molar refractivity (Wildman–Crippen MR) is 71.1 cm³/mol. The zero-order chi connectivity index (χ0) is 13.0. The van der Waals surface area contributed by atoms with Gasteiger partial charge >= 0.3 is 0 Å². The van der Waals surface area contributed by atoms with Crippen LogP contribution in [0, 0.1) is 0 Å². The van der Waals surface area contributed by atoms with Crippen molar-refractivity contribution in [3.63, 3.8) is 0 Å². The molecule has 2 rings (SSSR count). The van der Waals surface area contributed by atoms with Crippen molar-refractivity contribution in [2.45, 2.75) is 37.1 Å². The number of likely N-dealkylation sites (N-methyl/N-ethyl adjacent to an activating group) is 1. The Morgan fingerprint density at radius 1 is 1.33 bits per heavy atom. The van der Waals surface area contributed by atoms with Crippen molar-refractivity contribution in [3.8, 4) is 0 Å². The van der Waals surface area contributed by atoms with Gasteiger partial charge in [-0.2, -0.15) is 0 Å². The zero-order valence-corrected chi connectivity index (χ0v) is 14.2.